The van der Waals surface area contributed by atoms with Crippen LogP contribution in [0, 0.1) is 5.41 Å². The number of amides is 2. The molecule has 0 aliphatic heterocycles. The number of carbonyl (C=O) groups is 2. The van der Waals surface area contributed by atoms with Gasteiger partial charge in [0.15, 0.2) is 0 Å². The molecule has 7 heteroatoms. The molecule has 0 radical (unpaired) electrons. The predicted molar refractivity (Wildman–Crippen MR) is 134 cm³/mol. The van der Waals surface area contributed by atoms with Gasteiger partial charge in [-0.05, 0) is 54.3 Å². The van der Waals surface area contributed by atoms with Crippen molar-refractivity contribution in [2.45, 2.75) is 36.2 Å². The summed E-state index contributed by atoms with van der Waals surface area (Å²) in [4.78, 5) is 28.2. The van der Waals surface area contributed by atoms with Crippen LogP contribution in [0.15, 0.2) is 82.6 Å². The number of hydrogen-bond acceptors (Lipinski definition) is 5. The maximum absolute atomic E-state index is 13.3. The Morgan fingerprint density at radius 2 is 1.22 bits per heavy atom. The minimum absolute atomic E-state index is 0.232. The summed E-state index contributed by atoms with van der Waals surface area (Å²) in [6.45, 7) is 2.22. The number of benzene rings is 3. The lowest BCUT2D eigenvalue weighted by Gasteiger charge is -2.28. The molecule has 0 aliphatic rings. The number of hydrogen-bond donors (Lipinski definition) is 5. The molecule has 0 saturated heterocycles. The zero-order valence-electron chi connectivity index (χ0n) is 17.8. The van der Waals surface area contributed by atoms with Crippen molar-refractivity contribution in [2.75, 3.05) is 5.73 Å². The molecule has 4 N–H and O–H groups in total. The third-order valence-corrected chi connectivity index (χ3v) is 6.27. The second kappa shape index (κ2) is 10.6. The second-order valence-electron chi connectivity index (χ2n) is 7.87. The van der Waals surface area contributed by atoms with Crippen LogP contribution >= 0.6 is 25.3 Å². The number of thiol groups is 2. The third kappa shape index (κ3) is 5.87. The smallest absolute Gasteiger partial charge is 0.236 e. The number of nitrogen functional groups attached to an aromatic ring is 1. The Hall–Kier alpha value is -2.90. The van der Waals surface area contributed by atoms with Gasteiger partial charge in [0.2, 0.25) is 11.8 Å². The molecule has 32 heavy (non-hydrogen) atoms. The summed E-state index contributed by atoms with van der Waals surface area (Å²) in [5.74, 6) is -0.717. The average Bonchev–Trinajstić information content (AvgIpc) is 2.79. The first-order chi connectivity index (χ1) is 15.3. The van der Waals surface area contributed by atoms with E-state index in [-0.39, 0.29) is 31.3 Å². The van der Waals surface area contributed by atoms with Crippen LogP contribution in [0.25, 0.3) is 0 Å². The van der Waals surface area contributed by atoms with Gasteiger partial charge in [0.25, 0.3) is 0 Å². The number of rotatable bonds is 8. The Morgan fingerprint density at radius 1 is 0.781 bits per heavy atom. The van der Waals surface area contributed by atoms with Gasteiger partial charge in [0, 0.05) is 28.6 Å². The van der Waals surface area contributed by atoms with E-state index in [1.165, 1.54) is 0 Å². The average molecular weight is 466 g/mol. The van der Waals surface area contributed by atoms with Gasteiger partial charge in [-0.1, -0.05) is 48.5 Å². The largest absolute Gasteiger partial charge is 0.399 e. The maximum Gasteiger partial charge on any atom is 0.236 e. The van der Waals surface area contributed by atoms with Gasteiger partial charge in [-0.2, -0.15) is 0 Å². The molecule has 0 atom stereocenters. The molecule has 0 fully saturated rings. The standard InChI is InChI=1S/C25H27N3O2S2/c1-25(14-17-10-12-20(26)13-11-17,23(29)27-15-18-6-2-4-8-21(18)31)24(30)28-16-19-7-3-5-9-22(19)32/h2-13,31-32H,14-16,26H2,1H3,(H,27,29)(H,28,30). The minimum atomic E-state index is -1.33. The number of nitrogens with one attached hydrogen (secondary N) is 2. The van der Waals surface area contributed by atoms with Gasteiger partial charge in [-0.25, -0.2) is 0 Å². The van der Waals surface area contributed by atoms with Crippen LogP contribution < -0.4 is 16.4 Å². The van der Waals surface area contributed by atoms with E-state index >= 15 is 0 Å². The molecule has 0 aromatic heterocycles. The number of anilines is 1. The highest BCUT2D eigenvalue weighted by atomic mass is 32.1. The summed E-state index contributed by atoms with van der Waals surface area (Å²) < 4.78 is 0. The quantitative estimate of drug-likeness (QED) is 0.198. The maximum atomic E-state index is 13.3. The first-order valence-electron chi connectivity index (χ1n) is 10.2. The topological polar surface area (TPSA) is 84.2 Å². The molecule has 3 rings (SSSR count). The first-order valence-corrected chi connectivity index (χ1v) is 11.1. The van der Waals surface area contributed by atoms with Gasteiger partial charge in [-0.15, -0.1) is 25.3 Å². The molecule has 0 bridgehead atoms. The van der Waals surface area contributed by atoms with Crippen molar-refractivity contribution < 1.29 is 9.59 Å². The summed E-state index contributed by atoms with van der Waals surface area (Å²) in [6.07, 6.45) is 0.232. The lowest BCUT2D eigenvalue weighted by molar-refractivity contribution is -0.142. The van der Waals surface area contributed by atoms with Crippen LogP contribution in [-0.4, -0.2) is 11.8 Å². The van der Waals surface area contributed by atoms with E-state index in [2.05, 4.69) is 35.9 Å². The fourth-order valence-electron chi connectivity index (χ4n) is 3.37. The van der Waals surface area contributed by atoms with Crippen molar-refractivity contribution in [2.24, 2.45) is 5.41 Å². The highest BCUT2D eigenvalue weighted by Crippen LogP contribution is 2.25. The Morgan fingerprint density at radius 3 is 1.66 bits per heavy atom. The zero-order chi connectivity index (χ0) is 23.1. The van der Waals surface area contributed by atoms with E-state index in [1.807, 2.05) is 60.7 Å². The van der Waals surface area contributed by atoms with E-state index in [1.54, 1.807) is 19.1 Å². The lowest BCUT2D eigenvalue weighted by atomic mass is 9.81. The molecule has 5 nitrogen and oxygen atoms in total. The lowest BCUT2D eigenvalue weighted by Crippen LogP contribution is -2.50. The fraction of sp³-hybridized carbons (Fsp3) is 0.200. The molecule has 2 amide bonds. The van der Waals surface area contributed by atoms with Crippen molar-refractivity contribution in [1.82, 2.24) is 10.6 Å². The Labute approximate surface area is 199 Å². The van der Waals surface area contributed by atoms with E-state index in [4.69, 9.17) is 5.73 Å². The van der Waals surface area contributed by atoms with Crippen molar-refractivity contribution in [3.8, 4) is 0 Å². The van der Waals surface area contributed by atoms with Gasteiger partial charge in [-0.3, -0.25) is 9.59 Å². The van der Waals surface area contributed by atoms with Crippen molar-refractivity contribution >= 4 is 42.8 Å². The molecular formula is C25H27N3O2S2. The van der Waals surface area contributed by atoms with E-state index in [0.717, 1.165) is 26.5 Å². The van der Waals surface area contributed by atoms with E-state index in [9.17, 15) is 9.59 Å². The highest BCUT2D eigenvalue weighted by molar-refractivity contribution is 7.80. The zero-order valence-corrected chi connectivity index (χ0v) is 19.6. The molecule has 0 saturated carbocycles. The van der Waals surface area contributed by atoms with Crippen LogP contribution in [0.2, 0.25) is 0 Å². The Balaban J connectivity index is 1.79. The van der Waals surface area contributed by atoms with E-state index in [0.29, 0.717) is 5.69 Å². The second-order valence-corrected chi connectivity index (χ2v) is 8.84. The van der Waals surface area contributed by atoms with Crippen LogP contribution in [0.1, 0.15) is 23.6 Å². The molecule has 0 spiro atoms. The molecular weight excluding hydrogens is 438 g/mol. The Bertz CT molecular complexity index is 1040. The molecule has 3 aromatic carbocycles. The van der Waals surface area contributed by atoms with Crippen molar-refractivity contribution in [1.29, 1.82) is 0 Å². The van der Waals surface area contributed by atoms with Crippen LogP contribution in [0.3, 0.4) is 0 Å². The summed E-state index contributed by atoms with van der Waals surface area (Å²) >= 11 is 8.87. The summed E-state index contributed by atoms with van der Waals surface area (Å²) in [5, 5.41) is 5.83. The summed E-state index contributed by atoms with van der Waals surface area (Å²) in [6, 6.07) is 22.2. The molecule has 166 valence electrons. The summed E-state index contributed by atoms with van der Waals surface area (Å²) in [5.41, 5.74) is 7.69. The predicted octanol–water partition coefficient (Wildman–Crippen LogP) is 4.03. The third-order valence-electron chi connectivity index (χ3n) is 5.40. The highest BCUT2D eigenvalue weighted by Gasteiger charge is 2.41. The number of carbonyl (C=O) groups excluding carboxylic acids is 2. The van der Waals surface area contributed by atoms with Crippen LogP contribution in [0.4, 0.5) is 5.69 Å². The number of nitrogens with two attached hydrogens (primary N) is 1. The molecule has 0 heterocycles. The minimum Gasteiger partial charge on any atom is -0.399 e. The van der Waals surface area contributed by atoms with Crippen LogP contribution in [0.5, 0.6) is 0 Å². The first kappa shape index (κ1) is 23.8. The normalized spacial score (nSPS) is 11.1. The van der Waals surface area contributed by atoms with Gasteiger partial charge < -0.3 is 16.4 Å². The Kier molecular flexibility index (Phi) is 7.88. The van der Waals surface area contributed by atoms with Crippen molar-refractivity contribution in [3.05, 3.63) is 89.5 Å². The molecule has 3 aromatic rings. The van der Waals surface area contributed by atoms with Gasteiger partial charge in [0.05, 0.1) is 0 Å². The molecule has 0 aliphatic carbocycles. The SMILES string of the molecule is CC(Cc1ccc(N)cc1)(C(=O)NCc1ccccc1S)C(=O)NCc1ccccc1S. The fourth-order valence-corrected chi connectivity index (χ4v) is 3.85. The van der Waals surface area contributed by atoms with Gasteiger partial charge in [0.1, 0.15) is 5.41 Å². The van der Waals surface area contributed by atoms with Crippen LogP contribution in [-0.2, 0) is 29.1 Å². The van der Waals surface area contributed by atoms with Gasteiger partial charge >= 0.3 is 0 Å². The monoisotopic (exact) mass is 465 g/mol. The summed E-state index contributed by atoms with van der Waals surface area (Å²) in [7, 11) is 0. The molecule has 0 unspecified atom stereocenters. The van der Waals surface area contributed by atoms with E-state index < -0.39 is 5.41 Å². The van der Waals surface area contributed by atoms with Crippen molar-refractivity contribution in [3.63, 3.8) is 0 Å².